The number of nitrogens with zero attached hydrogens (tertiary/aromatic N) is 3. The largest absolute Gasteiger partial charge is 0.346 e. The molecule has 2 aliphatic heterocycles. The molecule has 1 aromatic rings. The van der Waals surface area contributed by atoms with Crippen LogP contribution in [0.3, 0.4) is 0 Å². The van der Waals surface area contributed by atoms with Gasteiger partial charge in [0.25, 0.3) is 0 Å². The van der Waals surface area contributed by atoms with Gasteiger partial charge in [-0.1, -0.05) is 11.3 Å². The minimum atomic E-state index is 0.833. The zero-order chi connectivity index (χ0) is 9.54. The molecular formula is C9H14N4S. The molecule has 0 radical (unpaired) electrons. The zero-order valence-corrected chi connectivity index (χ0v) is 9.05. The predicted molar refractivity (Wildman–Crippen MR) is 56.7 cm³/mol. The molecule has 0 bridgehead atoms. The molecule has 1 aromatic heterocycles. The highest BCUT2D eigenvalue weighted by Crippen LogP contribution is 2.31. The Morgan fingerprint density at radius 3 is 2.57 bits per heavy atom. The minimum absolute atomic E-state index is 0.833. The molecule has 2 saturated heterocycles. The Morgan fingerprint density at radius 1 is 1.29 bits per heavy atom. The Morgan fingerprint density at radius 2 is 2.00 bits per heavy atom. The van der Waals surface area contributed by atoms with E-state index < -0.39 is 0 Å². The van der Waals surface area contributed by atoms with E-state index >= 15 is 0 Å². The van der Waals surface area contributed by atoms with E-state index in [1.54, 1.807) is 11.3 Å². The minimum Gasteiger partial charge on any atom is -0.346 e. The lowest BCUT2D eigenvalue weighted by molar-refractivity contribution is 0.533. The Bertz CT molecular complexity index is 325. The average molecular weight is 210 g/mol. The number of rotatable bonds is 1. The van der Waals surface area contributed by atoms with E-state index in [9.17, 15) is 0 Å². The van der Waals surface area contributed by atoms with Crippen LogP contribution in [0.1, 0.15) is 5.01 Å². The van der Waals surface area contributed by atoms with Crippen molar-refractivity contribution in [2.45, 2.75) is 6.92 Å². The molecule has 0 aromatic carbocycles. The standard InChI is InChI=1S/C9H14N4S/c1-6-11-12-9(14-6)13-4-7-2-10-3-8(7)5-13/h7-8,10H,2-5H2,1H3/t7-,8+. The first-order valence-corrected chi connectivity index (χ1v) is 5.90. The molecule has 3 heterocycles. The topological polar surface area (TPSA) is 41.1 Å². The third kappa shape index (κ3) is 1.31. The third-order valence-electron chi connectivity index (χ3n) is 3.18. The molecule has 5 heteroatoms. The van der Waals surface area contributed by atoms with Crippen LogP contribution in [-0.4, -0.2) is 36.4 Å². The average Bonchev–Trinajstić information content (AvgIpc) is 2.75. The van der Waals surface area contributed by atoms with Crippen LogP contribution in [-0.2, 0) is 0 Å². The second-order valence-electron chi connectivity index (χ2n) is 4.19. The SMILES string of the molecule is Cc1nnc(N2C[C@H]3CNC[C@H]3C2)s1. The Balaban J connectivity index is 1.76. The van der Waals surface area contributed by atoms with Crippen molar-refractivity contribution in [2.75, 3.05) is 31.1 Å². The van der Waals surface area contributed by atoms with Gasteiger partial charge in [0.1, 0.15) is 5.01 Å². The Kier molecular flexibility index (Phi) is 1.95. The third-order valence-corrected chi connectivity index (χ3v) is 4.07. The summed E-state index contributed by atoms with van der Waals surface area (Å²) < 4.78 is 0. The molecule has 76 valence electrons. The Hall–Kier alpha value is -0.680. The lowest BCUT2D eigenvalue weighted by Gasteiger charge is -2.14. The van der Waals surface area contributed by atoms with Gasteiger partial charge < -0.3 is 10.2 Å². The van der Waals surface area contributed by atoms with Crippen molar-refractivity contribution in [3.8, 4) is 0 Å². The lowest BCUT2D eigenvalue weighted by atomic mass is 10.0. The Labute approximate surface area is 87.3 Å². The van der Waals surface area contributed by atoms with E-state index in [4.69, 9.17) is 0 Å². The van der Waals surface area contributed by atoms with E-state index in [1.165, 1.54) is 13.1 Å². The van der Waals surface area contributed by atoms with Gasteiger partial charge in [-0.05, 0) is 18.8 Å². The normalized spacial score (nSPS) is 31.1. The lowest BCUT2D eigenvalue weighted by Crippen LogP contribution is -2.25. The van der Waals surface area contributed by atoms with Crippen LogP contribution >= 0.6 is 11.3 Å². The fraction of sp³-hybridized carbons (Fsp3) is 0.778. The molecule has 0 unspecified atom stereocenters. The maximum Gasteiger partial charge on any atom is 0.208 e. The van der Waals surface area contributed by atoms with Gasteiger partial charge in [0, 0.05) is 26.2 Å². The van der Waals surface area contributed by atoms with Crippen molar-refractivity contribution < 1.29 is 0 Å². The molecule has 0 amide bonds. The molecule has 3 rings (SSSR count). The predicted octanol–water partition coefficient (Wildman–Crippen LogP) is 0.502. The van der Waals surface area contributed by atoms with Crippen LogP contribution in [0.5, 0.6) is 0 Å². The van der Waals surface area contributed by atoms with Crippen molar-refractivity contribution in [3.63, 3.8) is 0 Å². The first kappa shape index (κ1) is 8.61. The fourth-order valence-electron chi connectivity index (χ4n) is 2.43. The van der Waals surface area contributed by atoms with Gasteiger partial charge in [0.15, 0.2) is 0 Å². The molecule has 0 aliphatic carbocycles. The van der Waals surface area contributed by atoms with Crippen LogP contribution in [0.2, 0.25) is 0 Å². The summed E-state index contributed by atoms with van der Waals surface area (Å²) in [6, 6.07) is 0. The monoisotopic (exact) mass is 210 g/mol. The number of anilines is 1. The number of fused-ring (bicyclic) bond motifs is 1. The van der Waals surface area contributed by atoms with Crippen molar-refractivity contribution in [3.05, 3.63) is 5.01 Å². The molecule has 1 N–H and O–H groups in total. The number of aromatic nitrogens is 2. The maximum absolute atomic E-state index is 4.20. The summed E-state index contributed by atoms with van der Waals surface area (Å²) in [7, 11) is 0. The summed E-state index contributed by atoms with van der Waals surface area (Å²) in [6.07, 6.45) is 0. The van der Waals surface area contributed by atoms with Crippen LogP contribution in [0, 0.1) is 18.8 Å². The van der Waals surface area contributed by atoms with Gasteiger partial charge in [0.2, 0.25) is 5.13 Å². The van der Waals surface area contributed by atoms with E-state index in [1.807, 2.05) is 6.92 Å². The van der Waals surface area contributed by atoms with E-state index in [-0.39, 0.29) is 0 Å². The number of hydrogen-bond acceptors (Lipinski definition) is 5. The first-order valence-electron chi connectivity index (χ1n) is 5.08. The molecule has 0 spiro atoms. The van der Waals surface area contributed by atoms with Gasteiger partial charge in [-0.15, -0.1) is 10.2 Å². The fourth-order valence-corrected chi connectivity index (χ4v) is 3.13. The van der Waals surface area contributed by atoms with Crippen LogP contribution < -0.4 is 10.2 Å². The molecule has 2 atom stereocenters. The molecule has 4 nitrogen and oxygen atoms in total. The highest BCUT2D eigenvalue weighted by molar-refractivity contribution is 7.15. The molecule has 0 saturated carbocycles. The first-order chi connectivity index (χ1) is 6.83. The molecular weight excluding hydrogens is 196 g/mol. The number of nitrogens with one attached hydrogen (secondary N) is 1. The van der Waals surface area contributed by atoms with Gasteiger partial charge >= 0.3 is 0 Å². The second kappa shape index (κ2) is 3.17. The van der Waals surface area contributed by atoms with Gasteiger partial charge in [0.05, 0.1) is 0 Å². The summed E-state index contributed by atoms with van der Waals surface area (Å²) in [5.41, 5.74) is 0. The molecule has 2 fully saturated rings. The van der Waals surface area contributed by atoms with Crippen LogP contribution in [0.4, 0.5) is 5.13 Å². The maximum atomic E-state index is 4.20. The zero-order valence-electron chi connectivity index (χ0n) is 8.23. The number of hydrogen-bond donors (Lipinski definition) is 1. The van der Waals surface area contributed by atoms with Crippen molar-refractivity contribution in [2.24, 2.45) is 11.8 Å². The highest BCUT2D eigenvalue weighted by Gasteiger charge is 2.37. The van der Waals surface area contributed by atoms with Crippen molar-refractivity contribution in [1.82, 2.24) is 15.5 Å². The quantitative estimate of drug-likeness (QED) is 0.733. The van der Waals surface area contributed by atoms with Crippen LogP contribution in [0.25, 0.3) is 0 Å². The smallest absolute Gasteiger partial charge is 0.208 e. The molecule has 14 heavy (non-hydrogen) atoms. The van der Waals surface area contributed by atoms with Crippen molar-refractivity contribution >= 4 is 16.5 Å². The number of aryl methyl sites for hydroxylation is 1. The van der Waals surface area contributed by atoms with Gasteiger partial charge in [-0.2, -0.15) is 0 Å². The van der Waals surface area contributed by atoms with Gasteiger partial charge in [-0.3, -0.25) is 0 Å². The summed E-state index contributed by atoms with van der Waals surface area (Å²) >= 11 is 1.71. The van der Waals surface area contributed by atoms with E-state index in [2.05, 4.69) is 20.4 Å². The van der Waals surface area contributed by atoms with E-state index in [0.717, 1.165) is 35.1 Å². The summed E-state index contributed by atoms with van der Waals surface area (Å²) in [4.78, 5) is 2.39. The summed E-state index contributed by atoms with van der Waals surface area (Å²) in [5, 5.41) is 13.9. The van der Waals surface area contributed by atoms with Gasteiger partial charge in [-0.25, -0.2) is 0 Å². The summed E-state index contributed by atoms with van der Waals surface area (Å²) in [6.45, 7) is 6.69. The molecule has 2 aliphatic rings. The van der Waals surface area contributed by atoms with E-state index in [0.29, 0.717) is 0 Å². The van der Waals surface area contributed by atoms with Crippen LogP contribution in [0.15, 0.2) is 0 Å². The van der Waals surface area contributed by atoms with Crippen molar-refractivity contribution in [1.29, 1.82) is 0 Å². The summed E-state index contributed by atoms with van der Waals surface area (Å²) in [5.74, 6) is 1.67. The second-order valence-corrected chi connectivity index (χ2v) is 5.35. The highest BCUT2D eigenvalue weighted by atomic mass is 32.1.